The van der Waals surface area contributed by atoms with E-state index in [2.05, 4.69) is 24.3 Å². The fraction of sp³-hybridized carbons (Fsp3) is 0.647. The largest absolute Gasteiger partial charge is 0.490 e. The van der Waals surface area contributed by atoms with E-state index < -0.39 is 0 Å². The van der Waals surface area contributed by atoms with Crippen LogP contribution in [0.3, 0.4) is 0 Å². The van der Waals surface area contributed by atoms with Gasteiger partial charge in [0.15, 0.2) is 0 Å². The molecule has 19 heavy (non-hydrogen) atoms. The SMILES string of the molecule is NC1(c2ccc(OC3CCCC3)cc2)CCCCC1. The molecule has 0 aromatic heterocycles. The third-order valence-corrected chi connectivity index (χ3v) is 4.78. The van der Waals surface area contributed by atoms with E-state index >= 15 is 0 Å². The lowest BCUT2D eigenvalue weighted by Gasteiger charge is -2.34. The topological polar surface area (TPSA) is 35.2 Å². The summed E-state index contributed by atoms with van der Waals surface area (Å²) in [5.41, 5.74) is 7.74. The van der Waals surface area contributed by atoms with Gasteiger partial charge in [0.25, 0.3) is 0 Å². The highest BCUT2D eigenvalue weighted by Gasteiger charge is 2.29. The van der Waals surface area contributed by atoms with E-state index in [1.165, 1.54) is 50.5 Å². The molecule has 0 radical (unpaired) electrons. The molecule has 2 aliphatic carbocycles. The Bertz CT molecular complexity index is 400. The van der Waals surface area contributed by atoms with Crippen molar-refractivity contribution < 1.29 is 4.74 Å². The number of ether oxygens (including phenoxy) is 1. The fourth-order valence-electron chi connectivity index (χ4n) is 3.54. The normalized spacial score (nSPS) is 23.4. The van der Waals surface area contributed by atoms with Gasteiger partial charge in [0.2, 0.25) is 0 Å². The number of rotatable bonds is 3. The summed E-state index contributed by atoms with van der Waals surface area (Å²) < 4.78 is 6.01. The minimum absolute atomic E-state index is 0.0931. The van der Waals surface area contributed by atoms with E-state index in [9.17, 15) is 0 Å². The molecule has 0 spiro atoms. The van der Waals surface area contributed by atoms with Crippen molar-refractivity contribution >= 4 is 0 Å². The Hall–Kier alpha value is -1.02. The number of hydrogen-bond donors (Lipinski definition) is 1. The first kappa shape index (κ1) is 13.0. The number of nitrogens with two attached hydrogens (primary N) is 1. The third-order valence-electron chi connectivity index (χ3n) is 4.78. The molecule has 2 heteroatoms. The molecule has 3 rings (SSSR count). The van der Waals surface area contributed by atoms with Crippen LogP contribution in [0.4, 0.5) is 0 Å². The average molecular weight is 259 g/mol. The standard InChI is InChI=1S/C17H25NO/c18-17(12-4-1-5-13-17)14-8-10-16(11-9-14)19-15-6-2-3-7-15/h8-11,15H,1-7,12-13,18H2. The summed E-state index contributed by atoms with van der Waals surface area (Å²) in [6.45, 7) is 0. The van der Waals surface area contributed by atoms with Gasteiger partial charge >= 0.3 is 0 Å². The van der Waals surface area contributed by atoms with Crippen LogP contribution in [-0.4, -0.2) is 6.10 Å². The Balaban J connectivity index is 1.67. The predicted molar refractivity (Wildman–Crippen MR) is 78.3 cm³/mol. The van der Waals surface area contributed by atoms with Crippen LogP contribution in [-0.2, 0) is 5.54 Å². The van der Waals surface area contributed by atoms with Crippen LogP contribution in [0.5, 0.6) is 5.75 Å². The Labute approximate surface area is 116 Å². The lowest BCUT2D eigenvalue weighted by atomic mass is 9.77. The first-order valence-electron chi connectivity index (χ1n) is 7.82. The molecule has 1 aromatic carbocycles. The molecule has 0 saturated heterocycles. The molecule has 0 aliphatic heterocycles. The molecular formula is C17H25NO. The van der Waals surface area contributed by atoms with Gasteiger partial charge in [-0.3, -0.25) is 0 Å². The summed E-state index contributed by atoms with van der Waals surface area (Å²) in [6.07, 6.45) is 11.6. The molecule has 0 bridgehead atoms. The first-order valence-corrected chi connectivity index (χ1v) is 7.82. The van der Waals surface area contributed by atoms with E-state index in [0.717, 1.165) is 18.6 Å². The maximum atomic E-state index is 6.55. The Morgan fingerprint density at radius 3 is 2.16 bits per heavy atom. The predicted octanol–water partition coefficient (Wildman–Crippen LogP) is 4.13. The van der Waals surface area contributed by atoms with Gasteiger partial charge in [-0.25, -0.2) is 0 Å². The Morgan fingerprint density at radius 2 is 1.53 bits per heavy atom. The molecule has 1 aromatic rings. The number of hydrogen-bond acceptors (Lipinski definition) is 2. The molecule has 2 nitrogen and oxygen atoms in total. The van der Waals surface area contributed by atoms with Gasteiger partial charge in [0, 0.05) is 5.54 Å². The van der Waals surface area contributed by atoms with Crippen LogP contribution in [0.15, 0.2) is 24.3 Å². The average Bonchev–Trinajstić information content (AvgIpc) is 2.93. The Morgan fingerprint density at radius 1 is 0.895 bits per heavy atom. The van der Waals surface area contributed by atoms with E-state index in [1.54, 1.807) is 0 Å². The molecule has 2 fully saturated rings. The van der Waals surface area contributed by atoms with Gasteiger partial charge in [0.05, 0.1) is 6.10 Å². The van der Waals surface area contributed by atoms with Crippen molar-refractivity contribution in [3.05, 3.63) is 29.8 Å². The van der Waals surface area contributed by atoms with Gasteiger partial charge in [-0.2, -0.15) is 0 Å². The molecule has 0 amide bonds. The molecule has 0 atom stereocenters. The summed E-state index contributed by atoms with van der Waals surface area (Å²) in [6, 6.07) is 8.57. The molecule has 2 saturated carbocycles. The lowest BCUT2D eigenvalue weighted by molar-refractivity contribution is 0.209. The van der Waals surface area contributed by atoms with Crippen LogP contribution in [0.1, 0.15) is 63.4 Å². The van der Waals surface area contributed by atoms with Gasteiger partial charge in [-0.05, 0) is 56.2 Å². The summed E-state index contributed by atoms with van der Waals surface area (Å²) >= 11 is 0. The van der Waals surface area contributed by atoms with Crippen LogP contribution in [0.25, 0.3) is 0 Å². The van der Waals surface area contributed by atoms with E-state index in [-0.39, 0.29) is 5.54 Å². The zero-order valence-corrected chi connectivity index (χ0v) is 11.7. The maximum Gasteiger partial charge on any atom is 0.119 e. The molecular weight excluding hydrogens is 234 g/mol. The van der Waals surface area contributed by atoms with Crippen molar-refractivity contribution in [3.63, 3.8) is 0 Å². The second-order valence-electron chi connectivity index (χ2n) is 6.27. The molecule has 0 unspecified atom stereocenters. The van der Waals surface area contributed by atoms with Gasteiger partial charge in [0.1, 0.15) is 5.75 Å². The van der Waals surface area contributed by atoms with E-state index in [4.69, 9.17) is 10.5 Å². The summed E-state index contributed by atoms with van der Waals surface area (Å²) in [5.74, 6) is 1.01. The van der Waals surface area contributed by atoms with Crippen LogP contribution >= 0.6 is 0 Å². The smallest absolute Gasteiger partial charge is 0.119 e. The van der Waals surface area contributed by atoms with E-state index in [1.807, 2.05) is 0 Å². The van der Waals surface area contributed by atoms with Gasteiger partial charge in [-0.15, -0.1) is 0 Å². The second-order valence-corrected chi connectivity index (χ2v) is 6.27. The summed E-state index contributed by atoms with van der Waals surface area (Å²) in [5, 5.41) is 0. The third kappa shape index (κ3) is 2.94. The second kappa shape index (κ2) is 5.54. The van der Waals surface area contributed by atoms with Crippen LogP contribution < -0.4 is 10.5 Å². The fourth-order valence-corrected chi connectivity index (χ4v) is 3.54. The molecule has 2 N–H and O–H groups in total. The zero-order chi connectivity index (χ0) is 13.1. The minimum Gasteiger partial charge on any atom is -0.490 e. The first-order chi connectivity index (χ1) is 9.26. The van der Waals surface area contributed by atoms with Crippen molar-refractivity contribution in [2.24, 2.45) is 5.73 Å². The minimum atomic E-state index is -0.0931. The lowest BCUT2D eigenvalue weighted by Crippen LogP contribution is -2.38. The number of benzene rings is 1. The molecule has 104 valence electrons. The van der Waals surface area contributed by atoms with Crippen molar-refractivity contribution in [2.45, 2.75) is 69.4 Å². The quantitative estimate of drug-likeness (QED) is 0.886. The van der Waals surface area contributed by atoms with Crippen molar-refractivity contribution in [1.82, 2.24) is 0 Å². The van der Waals surface area contributed by atoms with Crippen LogP contribution in [0.2, 0.25) is 0 Å². The maximum absolute atomic E-state index is 6.55. The van der Waals surface area contributed by atoms with Crippen molar-refractivity contribution in [3.8, 4) is 5.75 Å². The highest BCUT2D eigenvalue weighted by Crippen LogP contribution is 2.35. The van der Waals surface area contributed by atoms with Gasteiger partial charge < -0.3 is 10.5 Å². The molecule has 2 aliphatic rings. The van der Waals surface area contributed by atoms with Crippen LogP contribution in [0, 0.1) is 0 Å². The Kier molecular flexibility index (Phi) is 3.79. The highest BCUT2D eigenvalue weighted by molar-refractivity contribution is 5.32. The zero-order valence-electron chi connectivity index (χ0n) is 11.7. The summed E-state index contributed by atoms with van der Waals surface area (Å²) in [7, 11) is 0. The van der Waals surface area contributed by atoms with Crippen molar-refractivity contribution in [2.75, 3.05) is 0 Å². The van der Waals surface area contributed by atoms with E-state index in [0.29, 0.717) is 6.10 Å². The molecule has 0 heterocycles. The van der Waals surface area contributed by atoms with Crippen molar-refractivity contribution in [1.29, 1.82) is 0 Å². The van der Waals surface area contributed by atoms with Gasteiger partial charge in [-0.1, -0.05) is 31.4 Å². The highest BCUT2D eigenvalue weighted by atomic mass is 16.5. The monoisotopic (exact) mass is 259 g/mol. The summed E-state index contributed by atoms with van der Waals surface area (Å²) in [4.78, 5) is 0.